The zero-order chi connectivity index (χ0) is 18.4. The minimum absolute atomic E-state index is 0.00531. The maximum Gasteiger partial charge on any atom is 0.254 e. The van der Waals surface area contributed by atoms with Crippen molar-refractivity contribution in [3.8, 4) is 11.5 Å². The number of hydrogen-bond donors (Lipinski definition) is 0. The summed E-state index contributed by atoms with van der Waals surface area (Å²) in [5.74, 6) is 2.25. The number of amides is 2. The van der Waals surface area contributed by atoms with E-state index in [0.717, 1.165) is 12.8 Å². The molecule has 4 rings (SSSR count). The Morgan fingerprint density at radius 2 is 1.81 bits per heavy atom. The van der Waals surface area contributed by atoms with Gasteiger partial charge in [-0.25, -0.2) is 0 Å². The van der Waals surface area contributed by atoms with Gasteiger partial charge in [-0.1, -0.05) is 6.92 Å². The van der Waals surface area contributed by atoms with E-state index in [-0.39, 0.29) is 23.9 Å². The molecule has 140 valence electrons. The number of rotatable bonds is 5. The fourth-order valence-electron chi connectivity index (χ4n) is 4.31. The topological polar surface area (TPSA) is 59.1 Å². The van der Waals surface area contributed by atoms with Gasteiger partial charge < -0.3 is 19.3 Å². The SMILES string of the molecule is CCOc1ccc(C(=O)N2C[C@@H]3C[C@H]2CN3C(=O)[C@@H]2C[C@H]2C)cc1OC. The standard InChI is InChI=1S/C20H26N2O4/c1-4-26-17-6-5-13(8-18(17)25-3)19(23)21-10-15-9-14(21)11-22(15)20(24)16-7-12(16)2/h5-6,8,12,14-16H,4,7,9-11H2,1-3H3/t12-,14+,15+,16-/m1/s1. The Bertz CT molecular complexity index is 735. The van der Waals surface area contributed by atoms with Gasteiger partial charge >= 0.3 is 0 Å². The van der Waals surface area contributed by atoms with Crippen LogP contribution >= 0.6 is 0 Å². The average Bonchev–Trinajstić information content (AvgIpc) is 3.06. The third-order valence-electron chi connectivity index (χ3n) is 5.92. The van der Waals surface area contributed by atoms with Crippen LogP contribution in [-0.4, -0.2) is 60.5 Å². The van der Waals surface area contributed by atoms with Crippen molar-refractivity contribution < 1.29 is 19.1 Å². The summed E-state index contributed by atoms with van der Waals surface area (Å²) in [6.45, 7) is 5.89. The third kappa shape index (κ3) is 2.81. The Kier molecular flexibility index (Phi) is 4.29. The predicted octanol–water partition coefficient (Wildman–Crippen LogP) is 2.18. The lowest BCUT2D eigenvalue weighted by Crippen LogP contribution is -2.51. The molecule has 3 aliphatic rings. The van der Waals surface area contributed by atoms with Gasteiger partial charge in [-0.15, -0.1) is 0 Å². The second-order valence-electron chi connectivity index (χ2n) is 7.61. The summed E-state index contributed by atoms with van der Waals surface area (Å²) in [6.07, 6.45) is 1.91. The number of carbonyl (C=O) groups is 2. The van der Waals surface area contributed by atoms with E-state index in [1.165, 1.54) is 0 Å². The number of benzene rings is 1. The highest BCUT2D eigenvalue weighted by Crippen LogP contribution is 2.42. The van der Waals surface area contributed by atoms with Crippen LogP contribution in [0.4, 0.5) is 0 Å². The molecule has 4 atom stereocenters. The summed E-state index contributed by atoms with van der Waals surface area (Å²) in [7, 11) is 1.58. The zero-order valence-corrected chi connectivity index (χ0v) is 15.6. The van der Waals surface area contributed by atoms with E-state index in [2.05, 4.69) is 6.92 Å². The van der Waals surface area contributed by atoms with Gasteiger partial charge in [0.1, 0.15) is 0 Å². The van der Waals surface area contributed by atoms with Crippen molar-refractivity contribution in [1.82, 2.24) is 9.80 Å². The molecule has 26 heavy (non-hydrogen) atoms. The van der Waals surface area contributed by atoms with E-state index >= 15 is 0 Å². The maximum atomic E-state index is 13.0. The number of carbonyl (C=O) groups excluding carboxylic acids is 2. The summed E-state index contributed by atoms with van der Waals surface area (Å²) in [5, 5.41) is 0. The lowest BCUT2D eigenvalue weighted by Gasteiger charge is -2.34. The number of ether oxygens (including phenoxy) is 2. The molecule has 2 aliphatic heterocycles. The van der Waals surface area contributed by atoms with Crippen LogP contribution < -0.4 is 9.47 Å². The molecule has 1 saturated carbocycles. The highest BCUT2D eigenvalue weighted by molar-refractivity contribution is 5.95. The number of piperazine rings is 1. The molecule has 0 unspecified atom stereocenters. The molecule has 2 heterocycles. The van der Waals surface area contributed by atoms with E-state index < -0.39 is 0 Å². The van der Waals surface area contributed by atoms with Gasteiger partial charge in [0.25, 0.3) is 5.91 Å². The van der Waals surface area contributed by atoms with Gasteiger partial charge in [0.05, 0.1) is 25.8 Å². The number of nitrogens with zero attached hydrogens (tertiary/aromatic N) is 2. The Hall–Kier alpha value is -2.24. The van der Waals surface area contributed by atoms with Crippen LogP contribution in [0.25, 0.3) is 0 Å². The Balaban J connectivity index is 1.45. The average molecular weight is 358 g/mol. The van der Waals surface area contributed by atoms with Crippen LogP contribution in [0.2, 0.25) is 0 Å². The number of hydrogen-bond acceptors (Lipinski definition) is 4. The van der Waals surface area contributed by atoms with Crippen LogP contribution in [0.15, 0.2) is 18.2 Å². The first-order chi connectivity index (χ1) is 12.5. The molecule has 2 saturated heterocycles. The molecule has 0 radical (unpaired) electrons. The van der Waals surface area contributed by atoms with Crippen molar-refractivity contribution in [2.75, 3.05) is 26.8 Å². The molecule has 0 spiro atoms. The van der Waals surface area contributed by atoms with Gasteiger partial charge in [-0.3, -0.25) is 9.59 Å². The smallest absolute Gasteiger partial charge is 0.254 e. The number of fused-ring (bicyclic) bond motifs is 2. The van der Waals surface area contributed by atoms with Crippen molar-refractivity contribution >= 4 is 11.8 Å². The maximum absolute atomic E-state index is 13.0. The molecular formula is C20H26N2O4. The van der Waals surface area contributed by atoms with Crippen LogP contribution in [0, 0.1) is 11.8 Å². The van der Waals surface area contributed by atoms with Crippen molar-refractivity contribution in [3.05, 3.63) is 23.8 Å². The molecule has 6 heteroatoms. The molecule has 2 bridgehead atoms. The first-order valence-electron chi connectivity index (χ1n) is 9.45. The first kappa shape index (κ1) is 17.2. The second-order valence-corrected chi connectivity index (χ2v) is 7.61. The highest BCUT2D eigenvalue weighted by Gasteiger charge is 2.51. The molecule has 6 nitrogen and oxygen atoms in total. The monoisotopic (exact) mass is 358 g/mol. The summed E-state index contributed by atoms with van der Waals surface area (Å²) in [6, 6.07) is 5.62. The minimum Gasteiger partial charge on any atom is -0.493 e. The van der Waals surface area contributed by atoms with Gasteiger partial charge in [0.2, 0.25) is 5.91 Å². The van der Waals surface area contributed by atoms with E-state index in [4.69, 9.17) is 9.47 Å². The van der Waals surface area contributed by atoms with Crippen molar-refractivity contribution in [3.63, 3.8) is 0 Å². The molecule has 1 aliphatic carbocycles. The van der Waals surface area contributed by atoms with E-state index in [1.807, 2.05) is 16.7 Å². The molecule has 3 fully saturated rings. The lowest BCUT2D eigenvalue weighted by atomic mass is 10.1. The Labute approximate surface area is 154 Å². The summed E-state index contributed by atoms with van der Waals surface area (Å²) < 4.78 is 10.9. The molecule has 1 aromatic carbocycles. The normalized spacial score (nSPS) is 29.0. The first-order valence-corrected chi connectivity index (χ1v) is 9.45. The number of methoxy groups -OCH3 is 1. The fraction of sp³-hybridized carbons (Fsp3) is 0.600. The van der Waals surface area contributed by atoms with E-state index in [1.54, 1.807) is 25.3 Å². The van der Waals surface area contributed by atoms with Crippen LogP contribution in [0.1, 0.15) is 37.0 Å². The molecular weight excluding hydrogens is 332 g/mol. The van der Waals surface area contributed by atoms with Crippen LogP contribution in [0.5, 0.6) is 11.5 Å². The van der Waals surface area contributed by atoms with Gasteiger partial charge in [0, 0.05) is 24.6 Å². The zero-order valence-electron chi connectivity index (χ0n) is 15.6. The van der Waals surface area contributed by atoms with E-state index in [9.17, 15) is 9.59 Å². The van der Waals surface area contributed by atoms with Crippen molar-refractivity contribution in [2.45, 2.75) is 38.8 Å². The van der Waals surface area contributed by atoms with Crippen LogP contribution in [-0.2, 0) is 4.79 Å². The third-order valence-corrected chi connectivity index (χ3v) is 5.92. The Morgan fingerprint density at radius 1 is 1.12 bits per heavy atom. The fourth-order valence-corrected chi connectivity index (χ4v) is 4.31. The van der Waals surface area contributed by atoms with Crippen LogP contribution in [0.3, 0.4) is 0 Å². The van der Waals surface area contributed by atoms with E-state index in [0.29, 0.717) is 48.6 Å². The predicted molar refractivity (Wildman–Crippen MR) is 96.4 cm³/mol. The van der Waals surface area contributed by atoms with Crippen molar-refractivity contribution in [1.29, 1.82) is 0 Å². The van der Waals surface area contributed by atoms with Crippen molar-refractivity contribution in [2.24, 2.45) is 11.8 Å². The molecule has 0 aromatic heterocycles. The quantitative estimate of drug-likeness (QED) is 0.809. The van der Waals surface area contributed by atoms with Gasteiger partial charge in [0.15, 0.2) is 11.5 Å². The molecule has 0 N–H and O–H groups in total. The summed E-state index contributed by atoms with van der Waals surface area (Å²) in [5.41, 5.74) is 0.603. The largest absolute Gasteiger partial charge is 0.493 e. The lowest BCUT2D eigenvalue weighted by molar-refractivity contribution is -0.135. The highest BCUT2D eigenvalue weighted by atomic mass is 16.5. The Morgan fingerprint density at radius 3 is 2.38 bits per heavy atom. The molecule has 2 amide bonds. The summed E-state index contributed by atoms with van der Waals surface area (Å²) in [4.78, 5) is 29.4. The molecule has 1 aromatic rings. The minimum atomic E-state index is 0.00531. The number of likely N-dealkylation sites (tertiary alicyclic amines) is 2. The van der Waals surface area contributed by atoms with Gasteiger partial charge in [-0.2, -0.15) is 0 Å². The summed E-state index contributed by atoms with van der Waals surface area (Å²) >= 11 is 0. The second kappa shape index (κ2) is 6.49. The van der Waals surface area contributed by atoms with Gasteiger partial charge in [-0.05, 0) is 43.9 Å².